The molecule has 0 aromatic carbocycles. The van der Waals surface area contributed by atoms with Crippen LogP contribution in [0.1, 0.15) is 31.2 Å². The van der Waals surface area contributed by atoms with Crippen molar-refractivity contribution in [2.45, 2.75) is 37.3 Å². The molecule has 0 aliphatic carbocycles. The molecular weight excluding hydrogens is 286 g/mol. The normalized spacial score (nSPS) is 35.2. The number of nitrogens with zero attached hydrogens (tertiary/aromatic N) is 1. The lowest BCUT2D eigenvalue weighted by molar-refractivity contribution is -0.0140. The Kier molecular flexibility index (Phi) is 2.86. The second-order valence-corrected chi connectivity index (χ2v) is 6.45. The Bertz CT molecular complexity index is 394. The van der Waals surface area contributed by atoms with Gasteiger partial charge in [0.15, 0.2) is 0 Å². The summed E-state index contributed by atoms with van der Waals surface area (Å²) in [5.74, 6) is 0. The molecule has 0 amide bonds. The quantitative estimate of drug-likeness (QED) is 0.862. The van der Waals surface area contributed by atoms with Crippen LogP contribution in [-0.2, 0) is 5.60 Å². The van der Waals surface area contributed by atoms with Crippen molar-refractivity contribution in [2.24, 2.45) is 0 Å². The van der Waals surface area contributed by atoms with Crippen LogP contribution < -0.4 is 0 Å². The van der Waals surface area contributed by atoms with Crippen LogP contribution in [0.15, 0.2) is 15.2 Å². The molecule has 2 aliphatic rings. The third-order valence-corrected chi connectivity index (χ3v) is 5.73. The van der Waals surface area contributed by atoms with Gasteiger partial charge in [-0.25, -0.2) is 0 Å². The van der Waals surface area contributed by atoms with E-state index in [4.69, 9.17) is 0 Å². The molecule has 88 valence electrons. The van der Waals surface area contributed by atoms with Crippen LogP contribution in [0.4, 0.5) is 0 Å². The summed E-state index contributed by atoms with van der Waals surface area (Å²) >= 11 is 5.23. The molecule has 3 heterocycles. The van der Waals surface area contributed by atoms with Crippen LogP contribution >= 0.6 is 27.3 Å². The number of rotatable bonds is 1. The molecular formula is C12H16BrNOS. The van der Waals surface area contributed by atoms with Gasteiger partial charge in [-0.1, -0.05) is 6.42 Å². The fraction of sp³-hybridized carbons (Fsp3) is 0.667. The summed E-state index contributed by atoms with van der Waals surface area (Å²) in [6, 6.07) is 0.340. The van der Waals surface area contributed by atoms with Crippen molar-refractivity contribution < 1.29 is 5.11 Å². The Balaban J connectivity index is 1.96. The van der Waals surface area contributed by atoms with E-state index < -0.39 is 5.60 Å². The maximum absolute atomic E-state index is 11.0. The predicted molar refractivity (Wildman–Crippen MR) is 69.7 cm³/mol. The zero-order valence-electron chi connectivity index (χ0n) is 9.16. The van der Waals surface area contributed by atoms with Gasteiger partial charge in [-0.05, 0) is 47.1 Å². The van der Waals surface area contributed by atoms with Crippen LogP contribution in [0.25, 0.3) is 0 Å². The van der Waals surface area contributed by atoms with E-state index >= 15 is 0 Å². The second kappa shape index (κ2) is 4.09. The number of piperidine rings is 1. The highest BCUT2D eigenvalue weighted by molar-refractivity contribution is 9.10. The summed E-state index contributed by atoms with van der Waals surface area (Å²) in [6.45, 7) is 2.21. The SMILES string of the molecule is OC1(c2cscc2Br)CCN2CCCCC21. The summed E-state index contributed by atoms with van der Waals surface area (Å²) in [7, 11) is 0. The molecule has 1 N–H and O–H groups in total. The number of hydrogen-bond acceptors (Lipinski definition) is 3. The molecule has 0 radical (unpaired) electrons. The minimum atomic E-state index is -0.612. The van der Waals surface area contributed by atoms with E-state index in [0.717, 1.165) is 36.0 Å². The van der Waals surface area contributed by atoms with Crippen molar-refractivity contribution in [2.75, 3.05) is 13.1 Å². The molecule has 16 heavy (non-hydrogen) atoms. The van der Waals surface area contributed by atoms with Gasteiger partial charge >= 0.3 is 0 Å². The maximum atomic E-state index is 11.0. The average Bonchev–Trinajstić information content (AvgIpc) is 2.86. The first-order valence-corrected chi connectivity index (χ1v) is 7.64. The fourth-order valence-corrected chi connectivity index (χ4v) is 4.90. The molecule has 0 bridgehead atoms. The first kappa shape index (κ1) is 11.2. The molecule has 1 aromatic rings. The van der Waals surface area contributed by atoms with Crippen molar-refractivity contribution in [3.8, 4) is 0 Å². The van der Waals surface area contributed by atoms with E-state index in [-0.39, 0.29) is 0 Å². The summed E-state index contributed by atoms with van der Waals surface area (Å²) in [5, 5.41) is 15.1. The summed E-state index contributed by atoms with van der Waals surface area (Å²) in [5.41, 5.74) is 0.492. The van der Waals surface area contributed by atoms with Crippen LogP contribution in [-0.4, -0.2) is 29.1 Å². The molecule has 2 fully saturated rings. The minimum Gasteiger partial charge on any atom is -0.383 e. The van der Waals surface area contributed by atoms with Gasteiger partial charge in [-0.3, -0.25) is 4.90 Å². The first-order valence-electron chi connectivity index (χ1n) is 5.90. The van der Waals surface area contributed by atoms with Crippen LogP contribution in [0, 0.1) is 0 Å². The van der Waals surface area contributed by atoms with Crippen molar-refractivity contribution in [1.82, 2.24) is 4.90 Å². The molecule has 0 saturated carbocycles. The molecule has 2 atom stereocenters. The number of thiophene rings is 1. The lowest BCUT2D eigenvalue weighted by atomic mass is 9.84. The zero-order valence-corrected chi connectivity index (χ0v) is 11.6. The molecule has 2 unspecified atom stereocenters. The lowest BCUT2D eigenvalue weighted by Gasteiger charge is -2.37. The summed E-state index contributed by atoms with van der Waals surface area (Å²) in [4.78, 5) is 2.47. The Labute approximate surface area is 108 Å². The Morgan fingerprint density at radius 3 is 3.00 bits per heavy atom. The van der Waals surface area contributed by atoms with E-state index in [9.17, 15) is 5.11 Å². The molecule has 4 heteroatoms. The fourth-order valence-electron chi connectivity index (χ4n) is 3.18. The molecule has 2 aliphatic heterocycles. The van der Waals surface area contributed by atoms with Gasteiger partial charge in [0.1, 0.15) is 5.60 Å². The monoisotopic (exact) mass is 301 g/mol. The van der Waals surface area contributed by atoms with E-state index in [2.05, 4.69) is 31.6 Å². The van der Waals surface area contributed by atoms with E-state index in [1.165, 1.54) is 12.8 Å². The number of hydrogen-bond donors (Lipinski definition) is 1. The maximum Gasteiger partial charge on any atom is 0.108 e. The highest BCUT2D eigenvalue weighted by Crippen LogP contribution is 2.45. The van der Waals surface area contributed by atoms with E-state index in [0.29, 0.717) is 6.04 Å². The Hall–Kier alpha value is 0.1000. The Morgan fingerprint density at radius 2 is 2.25 bits per heavy atom. The molecule has 3 rings (SSSR count). The van der Waals surface area contributed by atoms with Gasteiger partial charge in [0, 0.05) is 28.0 Å². The Morgan fingerprint density at radius 1 is 1.38 bits per heavy atom. The highest BCUT2D eigenvalue weighted by Gasteiger charge is 2.48. The average molecular weight is 302 g/mol. The standard InChI is InChI=1S/C12H16BrNOS/c13-10-8-16-7-9(10)12(15)4-6-14-5-2-1-3-11(12)14/h7-8,11,15H,1-6H2. The highest BCUT2D eigenvalue weighted by atomic mass is 79.9. The molecule has 2 saturated heterocycles. The minimum absolute atomic E-state index is 0.340. The molecule has 0 spiro atoms. The van der Waals surface area contributed by atoms with Crippen molar-refractivity contribution in [3.05, 3.63) is 20.8 Å². The van der Waals surface area contributed by atoms with E-state index in [1.807, 2.05) is 0 Å². The second-order valence-electron chi connectivity index (χ2n) is 4.86. The number of aliphatic hydroxyl groups is 1. The summed E-state index contributed by atoms with van der Waals surface area (Å²) < 4.78 is 1.08. The first-order chi connectivity index (χ1) is 7.72. The van der Waals surface area contributed by atoms with Crippen molar-refractivity contribution in [3.63, 3.8) is 0 Å². The lowest BCUT2D eigenvalue weighted by Crippen LogP contribution is -2.45. The third kappa shape index (κ3) is 1.58. The zero-order chi connectivity index (χ0) is 11.2. The van der Waals surface area contributed by atoms with Crippen molar-refractivity contribution in [1.29, 1.82) is 0 Å². The van der Waals surface area contributed by atoms with Gasteiger partial charge in [0.25, 0.3) is 0 Å². The van der Waals surface area contributed by atoms with E-state index in [1.54, 1.807) is 11.3 Å². The van der Waals surface area contributed by atoms with Gasteiger partial charge in [0.05, 0.1) is 0 Å². The van der Waals surface area contributed by atoms with Crippen LogP contribution in [0.3, 0.4) is 0 Å². The largest absolute Gasteiger partial charge is 0.383 e. The van der Waals surface area contributed by atoms with Gasteiger partial charge in [-0.15, -0.1) is 0 Å². The van der Waals surface area contributed by atoms with Crippen LogP contribution in [0.2, 0.25) is 0 Å². The van der Waals surface area contributed by atoms with Gasteiger partial charge in [0.2, 0.25) is 0 Å². The van der Waals surface area contributed by atoms with Crippen molar-refractivity contribution >= 4 is 27.3 Å². The third-order valence-electron chi connectivity index (χ3n) is 4.03. The summed E-state index contributed by atoms with van der Waals surface area (Å²) in [6.07, 6.45) is 4.56. The number of halogens is 1. The number of fused-ring (bicyclic) bond motifs is 1. The predicted octanol–water partition coefficient (Wildman–Crippen LogP) is 2.96. The topological polar surface area (TPSA) is 23.5 Å². The molecule has 2 nitrogen and oxygen atoms in total. The molecule has 1 aromatic heterocycles. The van der Waals surface area contributed by atoms with Gasteiger partial charge < -0.3 is 5.11 Å². The van der Waals surface area contributed by atoms with Gasteiger partial charge in [-0.2, -0.15) is 11.3 Å². The van der Waals surface area contributed by atoms with Crippen LogP contribution in [0.5, 0.6) is 0 Å². The smallest absolute Gasteiger partial charge is 0.108 e.